The molecule has 0 radical (unpaired) electrons. The Bertz CT molecular complexity index is 812. The second-order valence-corrected chi connectivity index (χ2v) is 6.70. The summed E-state index contributed by atoms with van der Waals surface area (Å²) < 4.78 is 10.7. The molecule has 0 aliphatic carbocycles. The zero-order chi connectivity index (χ0) is 19.9. The Morgan fingerprint density at radius 3 is 2.64 bits per heavy atom. The molecule has 8 heteroatoms. The number of hydrogen-bond acceptors (Lipinski definition) is 6. The maximum absolute atomic E-state index is 12.4. The lowest BCUT2D eigenvalue weighted by molar-refractivity contribution is -0.131. The Hall–Kier alpha value is -2.87. The Balaban J connectivity index is 1.45. The lowest BCUT2D eigenvalue weighted by Gasteiger charge is -2.34. The topological polar surface area (TPSA) is 87.9 Å². The number of aromatic nitrogens is 1. The van der Waals surface area contributed by atoms with Crippen LogP contribution in [0.4, 0.5) is 0 Å². The van der Waals surface area contributed by atoms with Gasteiger partial charge in [-0.1, -0.05) is 17.3 Å². The molecule has 2 aromatic rings. The summed E-state index contributed by atoms with van der Waals surface area (Å²) in [7, 11) is 0. The van der Waals surface area contributed by atoms with Gasteiger partial charge < -0.3 is 19.5 Å². The van der Waals surface area contributed by atoms with E-state index in [2.05, 4.69) is 15.4 Å². The highest BCUT2D eigenvalue weighted by atomic mass is 16.5. The number of ether oxygens (including phenoxy) is 1. The predicted molar refractivity (Wildman–Crippen MR) is 103 cm³/mol. The molecule has 0 atom stereocenters. The summed E-state index contributed by atoms with van der Waals surface area (Å²) in [6.45, 7) is 7.65. The Labute approximate surface area is 164 Å². The van der Waals surface area contributed by atoms with Crippen molar-refractivity contribution in [3.8, 4) is 5.75 Å². The maximum Gasteiger partial charge on any atom is 0.255 e. The average molecular weight is 386 g/mol. The van der Waals surface area contributed by atoms with Gasteiger partial charge in [-0.05, 0) is 26.0 Å². The summed E-state index contributed by atoms with van der Waals surface area (Å²) in [4.78, 5) is 28.8. The first-order valence-electron chi connectivity index (χ1n) is 9.49. The van der Waals surface area contributed by atoms with Crippen molar-refractivity contribution >= 4 is 11.8 Å². The third-order valence-electron chi connectivity index (χ3n) is 4.61. The summed E-state index contributed by atoms with van der Waals surface area (Å²) in [5.41, 5.74) is 1.30. The van der Waals surface area contributed by atoms with E-state index >= 15 is 0 Å². The molecule has 3 rings (SSSR count). The first-order chi connectivity index (χ1) is 13.6. The number of benzene rings is 1. The lowest BCUT2D eigenvalue weighted by atomic mass is 10.2. The quantitative estimate of drug-likeness (QED) is 0.775. The van der Waals surface area contributed by atoms with Gasteiger partial charge in [0.05, 0.1) is 31.0 Å². The molecular weight excluding hydrogens is 360 g/mol. The predicted octanol–water partition coefficient (Wildman–Crippen LogP) is 1.46. The van der Waals surface area contributed by atoms with E-state index in [-0.39, 0.29) is 18.4 Å². The van der Waals surface area contributed by atoms with Gasteiger partial charge in [0.1, 0.15) is 5.75 Å². The van der Waals surface area contributed by atoms with Crippen molar-refractivity contribution in [3.05, 3.63) is 47.3 Å². The summed E-state index contributed by atoms with van der Waals surface area (Å²) in [6.07, 6.45) is 0. The van der Waals surface area contributed by atoms with Crippen LogP contribution >= 0.6 is 0 Å². The van der Waals surface area contributed by atoms with Crippen molar-refractivity contribution in [1.29, 1.82) is 0 Å². The Kier molecular flexibility index (Phi) is 6.65. The van der Waals surface area contributed by atoms with Crippen molar-refractivity contribution in [2.45, 2.75) is 20.4 Å². The van der Waals surface area contributed by atoms with E-state index in [4.69, 9.17) is 9.26 Å². The van der Waals surface area contributed by atoms with Gasteiger partial charge in [-0.25, -0.2) is 0 Å². The second kappa shape index (κ2) is 9.36. The van der Waals surface area contributed by atoms with Gasteiger partial charge in [-0.15, -0.1) is 0 Å². The lowest BCUT2D eigenvalue weighted by Crippen LogP contribution is -2.50. The van der Waals surface area contributed by atoms with Crippen LogP contribution in [0.3, 0.4) is 0 Å². The molecule has 28 heavy (non-hydrogen) atoms. The van der Waals surface area contributed by atoms with Gasteiger partial charge in [0.2, 0.25) is 5.91 Å². The van der Waals surface area contributed by atoms with Crippen LogP contribution in [0.15, 0.2) is 34.9 Å². The van der Waals surface area contributed by atoms with Gasteiger partial charge in [-0.2, -0.15) is 0 Å². The van der Waals surface area contributed by atoms with Crippen molar-refractivity contribution < 1.29 is 18.8 Å². The highest BCUT2D eigenvalue weighted by Gasteiger charge is 2.22. The normalized spacial score (nSPS) is 14.7. The van der Waals surface area contributed by atoms with E-state index < -0.39 is 0 Å². The summed E-state index contributed by atoms with van der Waals surface area (Å²) in [5.74, 6) is 0.956. The molecule has 1 N–H and O–H groups in total. The van der Waals surface area contributed by atoms with Crippen LogP contribution in [-0.4, -0.2) is 66.1 Å². The van der Waals surface area contributed by atoms with Crippen LogP contribution in [0, 0.1) is 6.92 Å². The zero-order valence-corrected chi connectivity index (χ0v) is 16.3. The van der Waals surface area contributed by atoms with E-state index in [1.165, 1.54) is 0 Å². The van der Waals surface area contributed by atoms with Crippen molar-refractivity contribution in [1.82, 2.24) is 20.3 Å². The molecule has 0 spiro atoms. The van der Waals surface area contributed by atoms with Crippen LogP contribution in [0.1, 0.15) is 28.7 Å². The number of hydrogen-bond donors (Lipinski definition) is 1. The smallest absolute Gasteiger partial charge is 0.255 e. The van der Waals surface area contributed by atoms with Crippen molar-refractivity contribution in [3.63, 3.8) is 0 Å². The molecule has 0 unspecified atom stereocenters. The fraction of sp³-hybridized carbons (Fsp3) is 0.450. The van der Waals surface area contributed by atoms with Crippen LogP contribution in [0.2, 0.25) is 0 Å². The largest absolute Gasteiger partial charge is 0.493 e. The number of carbonyl (C=O) groups is 2. The number of carbonyl (C=O) groups excluding carboxylic acids is 2. The average Bonchev–Trinajstić information content (AvgIpc) is 3.11. The van der Waals surface area contributed by atoms with Crippen LogP contribution in [0.5, 0.6) is 5.75 Å². The SMILES string of the molecule is CCOc1ccccc1C(=O)NCC(=O)N1CCN(Cc2cc(C)no2)CC1. The van der Waals surface area contributed by atoms with E-state index in [1.54, 1.807) is 23.1 Å². The molecule has 1 aromatic heterocycles. The molecule has 150 valence electrons. The minimum atomic E-state index is -0.309. The van der Waals surface area contributed by atoms with Crippen LogP contribution < -0.4 is 10.1 Å². The first kappa shape index (κ1) is 19.9. The number of nitrogens with zero attached hydrogens (tertiary/aromatic N) is 3. The minimum Gasteiger partial charge on any atom is -0.493 e. The first-order valence-corrected chi connectivity index (χ1v) is 9.49. The van der Waals surface area contributed by atoms with Crippen molar-refractivity contribution in [2.75, 3.05) is 39.3 Å². The van der Waals surface area contributed by atoms with Gasteiger partial charge in [0.15, 0.2) is 5.76 Å². The summed E-state index contributed by atoms with van der Waals surface area (Å²) >= 11 is 0. The van der Waals surface area contributed by atoms with E-state index in [9.17, 15) is 9.59 Å². The van der Waals surface area contributed by atoms with Gasteiger partial charge in [-0.3, -0.25) is 14.5 Å². The highest BCUT2D eigenvalue weighted by molar-refractivity contribution is 5.98. The van der Waals surface area contributed by atoms with Gasteiger partial charge in [0.25, 0.3) is 5.91 Å². The van der Waals surface area contributed by atoms with Crippen LogP contribution in [0.25, 0.3) is 0 Å². The molecule has 2 amide bonds. The summed E-state index contributed by atoms with van der Waals surface area (Å²) in [6, 6.07) is 8.94. The summed E-state index contributed by atoms with van der Waals surface area (Å²) in [5, 5.41) is 6.60. The molecule has 8 nitrogen and oxygen atoms in total. The molecule has 1 aliphatic heterocycles. The molecule has 2 heterocycles. The zero-order valence-electron chi connectivity index (χ0n) is 16.3. The standard InChI is InChI=1S/C20H26N4O4/c1-3-27-18-7-5-4-6-17(18)20(26)21-13-19(25)24-10-8-23(9-11-24)14-16-12-15(2)22-28-16/h4-7,12H,3,8-11,13-14H2,1-2H3,(H,21,26). The Morgan fingerprint density at radius 2 is 1.96 bits per heavy atom. The third kappa shape index (κ3) is 5.10. The van der Waals surface area contributed by atoms with Crippen LogP contribution in [-0.2, 0) is 11.3 Å². The highest BCUT2D eigenvalue weighted by Crippen LogP contribution is 2.17. The maximum atomic E-state index is 12.4. The number of aryl methyl sites for hydroxylation is 1. The molecule has 1 aliphatic rings. The number of piperazine rings is 1. The van der Waals surface area contributed by atoms with Gasteiger partial charge in [0, 0.05) is 32.2 Å². The fourth-order valence-corrected chi connectivity index (χ4v) is 3.17. The van der Waals surface area contributed by atoms with Crippen molar-refractivity contribution in [2.24, 2.45) is 0 Å². The Morgan fingerprint density at radius 1 is 1.21 bits per heavy atom. The minimum absolute atomic E-state index is 0.0272. The number of rotatable bonds is 7. The second-order valence-electron chi connectivity index (χ2n) is 6.70. The molecule has 0 bridgehead atoms. The van der Waals surface area contributed by atoms with E-state index in [0.29, 0.717) is 37.6 Å². The molecular formula is C20H26N4O4. The molecule has 1 saturated heterocycles. The van der Waals surface area contributed by atoms with E-state index in [1.807, 2.05) is 26.0 Å². The fourth-order valence-electron chi connectivity index (χ4n) is 3.17. The number of amides is 2. The van der Waals surface area contributed by atoms with E-state index in [0.717, 1.165) is 24.5 Å². The number of nitrogens with one attached hydrogen (secondary N) is 1. The molecule has 0 saturated carbocycles. The molecule has 1 aromatic carbocycles. The third-order valence-corrected chi connectivity index (χ3v) is 4.61. The molecule has 1 fully saturated rings. The van der Waals surface area contributed by atoms with Gasteiger partial charge >= 0.3 is 0 Å². The monoisotopic (exact) mass is 386 g/mol. The number of para-hydroxylation sites is 1.